The third-order valence-electron chi connectivity index (χ3n) is 12.5. The normalized spacial score (nSPS) is 24.1. The number of aliphatic hydroxyl groups is 1. The highest BCUT2D eigenvalue weighted by Crippen LogP contribution is 2.21. The highest BCUT2D eigenvalue weighted by Gasteiger charge is 2.41. The molecule has 2 heterocycles. The van der Waals surface area contributed by atoms with Crippen LogP contribution in [0, 0.1) is 0 Å². The number of nitrogens with two attached hydrogens (primary N) is 4. The first kappa shape index (κ1) is 60.9. The van der Waals surface area contributed by atoms with Crippen molar-refractivity contribution in [3.05, 3.63) is 29.8 Å². The van der Waals surface area contributed by atoms with E-state index in [4.69, 9.17) is 22.9 Å². The minimum absolute atomic E-state index is 0.00333. The first-order valence-corrected chi connectivity index (χ1v) is 25.1. The number of aliphatic hydroxyl groups excluding tert-OH is 1. The lowest BCUT2D eigenvalue weighted by atomic mass is 10.0. The van der Waals surface area contributed by atoms with Crippen molar-refractivity contribution in [1.29, 1.82) is 0 Å². The van der Waals surface area contributed by atoms with Gasteiger partial charge in [-0.15, -0.1) is 0 Å². The predicted molar refractivity (Wildman–Crippen MR) is 263 cm³/mol. The zero-order valence-corrected chi connectivity index (χ0v) is 41.8. The van der Waals surface area contributed by atoms with Crippen LogP contribution in [0.4, 0.5) is 0 Å². The van der Waals surface area contributed by atoms with Gasteiger partial charge < -0.3 is 75.3 Å². The van der Waals surface area contributed by atoms with Crippen molar-refractivity contribution >= 4 is 70.9 Å². The maximum atomic E-state index is 14.3. The van der Waals surface area contributed by atoms with E-state index in [1.807, 2.05) is 0 Å². The minimum Gasteiger partial charge on any atom is -0.508 e. The quantitative estimate of drug-likeness (QED) is 0.0502. The Labute approximate surface area is 428 Å². The lowest BCUT2D eigenvalue weighted by Crippen LogP contribution is -2.60. The van der Waals surface area contributed by atoms with Crippen molar-refractivity contribution in [2.75, 3.05) is 13.2 Å². The second kappa shape index (κ2) is 31.3. The topological polar surface area (TPSA) is 437 Å². The molecule has 2 aliphatic heterocycles. The van der Waals surface area contributed by atoms with Gasteiger partial charge in [-0.25, -0.2) is 0 Å². The van der Waals surface area contributed by atoms with Gasteiger partial charge in [-0.3, -0.25) is 57.5 Å². The van der Waals surface area contributed by atoms with Crippen LogP contribution < -0.4 is 60.2 Å². The fourth-order valence-electron chi connectivity index (χ4n) is 8.61. The third kappa shape index (κ3) is 21.4. The summed E-state index contributed by atoms with van der Waals surface area (Å²) in [5.41, 5.74) is 22.2. The number of benzene rings is 1. The molecule has 3 rings (SSSR count). The van der Waals surface area contributed by atoms with Gasteiger partial charge in [-0.05, 0) is 43.4 Å². The molecule has 1 unspecified atom stereocenters. The summed E-state index contributed by atoms with van der Waals surface area (Å²) < 4.78 is 0. The summed E-state index contributed by atoms with van der Waals surface area (Å²) >= 11 is 0. The third-order valence-corrected chi connectivity index (χ3v) is 12.5. The van der Waals surface area contributed by atoms with E-state index in [-0.39, 0.29) is 38.0 Å². The number of carbonyl (C=O) groups excluding carboxylic acids is 12. The summed E-state index contributed by atoms with van der Waals surface area (Å²) in [6, 6.07) is -7.35. The molecule has 2 saturated heterocycles. The highest BCUT2D eigenvalue weighted by atomic mass is 16.3. The monoisotopic (exact) mass is 1040 g/mol. The van der Waals surface area contributed by atoms with E-state index < -0.39 is 164 Å². The molecule has 410 valence electrons. The van der Waals surface area contributed by atoms with Crippen molar-refractivity contribution < 1.29 is 67.7 Å². The zero-order chi connectivity index (χ0) is 54.9. The first-order valence-electron chi connectivity index (χ1n) is 25.1. The van der Waals surface area contributed by atoms with Crippen molar-refractivity contribution in [2.24, 2.45) is 22.9 Å². The molecular formula is C48H74N12O14. The number of nitrogens with zero attached hydrogens (tertiary/aromatic N) is 1. The number of carbonyl (C=O) groups is 12. The van der Waals surface area contributed by atoms with Crippen LogP contribution in [0.5, 0.6) is 5.75 Å². The first-order chi connectivity index (χ1) is 35.1. The van der Waals surface area contributed by atoms with Crippen LogP contribution in [-0.2, 0) is 64.0 Å². The lowest BCUT2D eigenvalue weighted by Gasteiger charge is -2.31. The molecule has 12 amide bonds. The molecule has 0 aliphatic carbocycles. The average Bonchev–Trinajstić information content (AvgIpc) is 3.83. The van der Waals surface area contributed by atoms with E-state index in [0.717, 1.165) is 49.8 Å². The van der Waals surface area contributed by atoms with Crippen molar-refractivity contribution in [3.63, 3.8) is 0 Å². The van der Waals surface area contributed by atoms with Crippen LogP contribution in [0.2, 0.25) is 0 Å². The summed E-state index contributed by atoms with van der Waals surface area (Å²) in [6.45, 7) is 1.03. The largest absolute Gasteiger partial charge is 0.508 e. The number of fused-ring (bicyclic) bond motifs is 1. The number of rotatable bonds is 22. The molecular weight excluding hydrogens is 969 g/mol. The molecule has 17 N–H and O–H groups in total. The predicted octanol–water partition coefficient (Wildman–Crippen LogP) is -3.47. The zero-order valence-electron chi connectivity index (χ0n) is 41.8. The smallest absolute Gasteiger partial charge is 0.245 e. The van der Waals surface area contributed by atoms with E-state index in [2.05, 4.69) is 44.1 Å². The molecule has 2 aliphatic rings. The van der Waals surface area contributed by atoms with Crippen LogP contribution in [0.3, 0.4) is 0 Å². The SMILES string of the molecule is CCCCCCCCCCCC1CC(=O)N[C@@H](CC(N)=O)C(=O)N[C@H](Cc2ccc(O)cc2)C(=O)N[C@H](CC(N)=O)C(=O)N[C@@H](CCC(N)=O)C(=O)N2CCC[C@H]2C(=O)N[C@H](CC(N)=O)C(=O)N[C@@H](CO)C(=O)N1. The number of nitrogens with one attached hydrogen (secondary N) is 7. The fourth-order valence-corrected chi connectivity index (χ4v) is 8.61. The Morgan fingerprint density at radius 3 is 1.54 bits per heavy atom. The minimum atomic E-state index is -1.86. The van der Waals surface area contributed by atoms with Crippen LogP contribution in [0.1, 0.15) is 128 Å². The van der Waals surface area contributed by atoms with Gasteiger partial charge >= 0.3 is 0 Å². The van der Waals surface area contributed by atoms with E-state index >= 15 is 0 Å². The van der Waals surface area contributed by atoms with Gasteiger partial charge in [0, 0.05) is 31.8 Å². The van der Waals surface area contributed by atoms with E-state index in [1.165, 1.54) is 24.3 Å². The van der Waals surface area contributed by atoms with E-state index in [9.17, 15) is 67.7 Å². The van der Waals surface area contributed by atoms with Gasteiger partial charge in [0.2, 0.25) is 70.9 Å². The molecule has 0 saturated carbocycles. The molecule has 1 aromatic carbocycles. The second-order valence-corrected chi connectivity index (χ2v) is 18.7. The Hall–Kier alpha value is -7.38. The molecule has 74 heavy (non-hydrogen) atoms. The Balaban J connectivity index is 2.13. The summed E-state index contributed by atoms with van der Waals surface area (Å²) in [7, 11) is 0. The summed E-state index contributed by atoms with van der Waals surface area (Å²) in [5, 5.41) is 37.2. The number of unbranched alkanes of at least 4 members (excludes halogenated alkanes) is 8. The van der Waals surface area contributed by atoms with Crippen molar-refractivity contribution in [2.45, 2.75) is 177 Å². The highest BCUT2D eigenvalue weighted by molar-refractivity contribution is 6.00. The van der Waals surface area contributed by atoms with Crippen LogP contribution in [-0.4, -0.2) is 147 Å². The number of hydrogen-bond donors (Lipinski definition) is 13. The van der Waals surface area contributed by atoms with E-state index in [0.29, 0.717) is 18.4 Å². The Bertz CT molecular complexity index is 2160. The van der Waals surface area contributed by atoms with Gasteiger partial charge in [0.1, 0.15) is 48.0 Å². The molecule has 0 bridgehead atoms. The van der Waals surface area contributed by atoms with Gasteiger partial charge in [0.05, 0.1) is 25.9 Å². The summed E-state index contributed by atoms with van der Waals surface area (Å²) in [4.78, 5) is 162. The van der Waals surface area contributed by atoms with Gasteiger partial charge in [-0.1, -0.05) is 76.8 Å². The van der Waals surface area contributed by atoms with Gasteiger partial charge in [0.15, 0.2) is 0 Å². The van der Waals surface area contributed by atoms with Crippen molar-refractivity contribution in [1.82, 2.24) is 42.1 Å². The molecule has 1 aromatic rings. The molecule has 26 heteroatoms. The van der Waals surface area contributed by atoms with Crippen LogP contribution >= 0.6 is 0 Å². The number of hydrogen-bond acceptors (Lipinski definition) is 14. The number of aromatic hydroxyl groups is 1. The summed E-state index contributed by atoms with van der Waals surface area (Å²) in [5.74, 6) is -12.6. The number of phenols is 1. The second-order valence-electron chi connectivity index (χ2n) is 18.7. The number of phenolic OH excluding ortho intramolecular Hbond substituents is 1. The lowest BCUT2D eigenvalue weighted by molar-refractivity contribution is -0.143. The summed E-state index contributed by atoms with van der Waals surface area (Å²) in [6.07, 6.45) is 4.57. The molecule has 2 fully saturated rings. The molecule has 0 radical (unpaired) electrons. The molecule has 0 spiro atoms. The Morgan fingerprint density at radius 1 is 0.554 bits per heavy atom. The standard InChI is InChI=1S/C48H74N12O14/c1-2-3-4-5-6-7-8-9-10-12-28-22-41(67)54-32(23-38(50)64)43(69)56-31(21-27-14-16-29(62)17-15-27)42(68)57-33(24-39(51)65)44(70)55-30(18-19-37(49)63)48(74)60-20-11-13-36(60)47(73)58-34(25-40(52)66)45(71)59-35(26-61)46(72)53-28/h14-17,28,30-36,61-62H,2-13,18-26H2,1H3,(H2,49,63)(H2,50,64)(H2,51,65)(H2,52,66)(H,53,72)(H,54,67)(H,55,70)(H,56,69)(H,57,68)(H,58,73)(H,59,71)/t28?,30-,31+,32-,33+,34+,35-,36-/m0/s1. The molecule has 26 nitrogen and oxygen atoms in total. The molecule has 0 aromatic heterocycles. The van der Waals surface area contributed by atoms with Crippen LogP contribution in [0.15, 0.2) is 24.3 Å². The molecule has 8 atom stereocenters. The Kier molecular flexibility index (Phi) is 25.7. The average molecular weight is 1040 g/mol. The van der Waals surface area contributed by atoms with Gasteiger partial charge in [0.25, 0.3) is 0 Å². The van der Waals surface area contributed by atoms with Gasteiger partial charge in [-0.2, -0.15) is 0 Å². The number of amides is 12. The number of primary amides is 4. The maximum Gasteiger partial charge on any atom is 0.245 e. The van der Waals surface area contributed by atoms with E-state index in [1.54, 1.807) is 0 Å². The van der Waals surface area contributed by atoms with Crippen LogP contribution in [0.25, 0.3) is 0 Å². The van der Waals surface area contributed by atoms with Crippen molar-refractivity contribution in [3.8, 4) is 5.75 Å². The fraction of sp³-hybridized carbons (Fsp3) is 0.625. The Morgan fingerprint density at radius 2 is 1.01 bits per heavy atom. The maximum absolute atomic E-state index is 14.3.